The zero-order valence-corrected chi connectivity index (χ0v) is 30.2. The van der Waals surface area contributed by atoms with Crippen LogP contribution in [0.4, 0.5) is 0 Å². The van der Waals surface area contributed by atoms with Gasteiger partial charge in [-0.3, -0.25) is 9.55 Å². The van der Waals surface area contributed by atoms with Crippen molar-refractivity contribution in [2.75, 3.05) is 0 Å². The van der Waals surface area contributed by atoms with Crippen molar-refractivity contribution in [3.8, 4) is 28.1 Å². The number of hydrogen-bond acceptors (Lipinski definition) is 2. The Labute approximate surface area is 322 Å². The van der Waals surface area contributed by atoms with E-state index in [-0.39, 0.29) is 0 Å². The Hall–Kier alpha value is -7.36. The molecule has 2 aliphatic carbocycles. The van der Waals surface area contributed by atoms with Crippen molar-refractivity contribution >= 4 is 66.4 Å². The van der Waals surface area contributed by atoms with E-state index in [1.54, 1.807) is 0 Å². The molecule has 0 saturated heterocycles. The smallest absolute Gasteiger partial charge is 0.137 e. The standard InChI is InChI=1S/C53H31N3/c1-3-13-42-32(9-1)17-18-33-19-21-37(36-24-26-46-41(29-36)52-47(15-8-28-55-52)56(46)48-16-5-6-27-54-48)30-44(33)53(42)43-14-4-2-12-39(43)51-40-25-23-35-11-7-10-34-20-22-38(31-45(51)53)50(40)49(34)35/h1-31H. The van der Waals surface area contributed by atoms with Crippen LogP contribution in [0.1, 0.15) is 33.4 Å². The average molecular weight is 710 g/mol. The van der Waals surface area contributed by atoms with Gasteiger partial charge in [0, 0.05) is 17.8 Å². The monoisotopic (exact) mass is 709 g/mol. The quantitative estimate of drug-likeness (QED) is 0.167. The highest BCUT2D eigenvalue weighted by Gasteiger charge is 2.49. The van der Waals surface area contributed by atoms with Gasteiger partial charge in [-0.25, -0.2) is 4.98 Å². The van der Waals surface area contributed by atoms with Crippen LogP contribution in [-0.4, -0.2) is 14.5 Å². The van der Waals surface area contributed by atoms with E-state index in [1.165, 1.54) is 82.4 Å². The molecule has 0 radical (unpaired) electrons. The van der Waals surface area contributed by atoms with E-state index in [9.17, 15) is 0 Å². The number of rotatable bonds is 2. The molecule has 0 fully saturated rings. The Bertz CT molecular complexity index is 3470. The zero-order chi connectivity index (χ0) is 36.5. The van der Waals surface area contributed by atoms with E-state index in [4.69, 9.17) is 9.97 Å². The van der Waals surface area contributed by atoms with Gasteiger partial charge in [-0.2, -0.15) is 0 Å². The first-order valence-corrected chi connectivity index (χ1v) is 19.3. The fraction of sp³-hybridized carbons (Fsp3) is 0.0189. The maximum absolute atomic E-state index is 4.91. The second kappa shape index (κ2) is 10.9. The first kappa shape index (κ1) is 30.0. The average Bonchev–Trinajstić information content (AvgIpc) is 3.69. The summed E-state index contributed by atoms with van der Waals surface area (Å²) in [7, 11) is 0. The topological polar surface area (TPSA) is 30.7 Å². The van der Waals surface area contributed by atoms with Gasteiger partial charge in [0.1, 0.15) is 5.82 Å². The highest BCUT2D eigenvalue weighted by molar-refractivity contribution is 6.27. The van der Waals surface area contributed by atoms with Crippen LogP contribution in [0.3, 0.4) is 0 Å². The van der Waals surface area contributed by atoms with Crippen molar-refractivity contribution in [2.24, 2.45) is 0 Å². The van der Waals surface area contributed by atoms with Crippen molar-refractivity contribution in [2.45, 2.75) is 5.41 Å². The minimum absolute atomic E-state index is 0.553. The van der Waals surface area contributed by atoms with E-state index in [0.29, 0.717) is 0 Å². The van der Waals surface area contributed by atoms with Crippen molar-refractivity contribution in [1.29, 1.82) is 0 Å². The molecule has 3 aromatic heterocycles. The summed E-state index contributed by atoms with van der Waals surface area (Å²) in [6, 6.07) is 60.8. The van der Waals surface area contributed by atoms with Gasteiger partial charge in [0.15, 0.2) is 0 Å². The van der Waals surface area contributed by atoms with E-state index in [2.05, 4.69) is 162 Å². The van der Waals surface area contributed by atoms with E-state index in [1.807, 2.05) is 30.6 Å². The molecule has 0 saturated carbocycles. The van der Waals surface area contributed by atoms with Gasteiger partial charge < -0.3 is 0 Å². The van der Waals surface area contributed by atoms with Crippen LogP contribution in [0.25, 0.3) is 94.5 Å². The molecule has 1 unspecified atom stereocenters. The van der Waals surface area contributed by atoms with Gasteiger partial charge in [0.05, 0.1) is 22.0 Å². The molecule has 1 atom stereocenters. The molecule has 3 heteroatoms. The second-order valence-corrected chi connectivity index (χ2v) is 15.3. The summed E-state index contributed by atoms with van der Waals surface area (Å²) in [6.07, 6.45) is 8.38. The molecule has 1 spiro atoms. The Balaban J connectivity index is 1.12. The van der Waals surface area contributed by atoms with Gasteiger partial charge in [0.2, 0.25) is 0 Å². The third-order valence-electron chi connectivity index (χ3n) is 12.6. The molecule has 3 heterocycles. The summed E-state index contributed by atoms with van der Waals surface area (Å²) < 4.78 is 2.22. The second-order valence-electron chi connectivity index (χ2n) is 15.3. The molecule has 0 bridgehead atoms. The first-order chi connectivity index (χ1) is 27.8. The molecule has 0 aliphatic heterocycles. The largest absolute Gasteiger partial charge is 0.292 e. The maximum Gasteiger partial charge on any atom is 0.137 e. The van der Waals surface area contributed by atoms with Gasteiger partial charge in [-0.05, 0) is 136 Å². The molecule has 258 valence electrons. The van der Waals surface area contributed by atoms with Crippen LogP contribution < -0.4 is 0 Å². The highest BCUT2D eigenvalue weighted by atomic mass is 15.1. The predicted molar refractivity (Wildman–Crippen MR) is 232 cm³/mol. The summed E-state index contributed by atoms with van der Waals surface area (Å²) in [6.45, 7) is 0. The van der Waals surface area contributed by atoms with Crippen LogP contribution in [0, 0.1) is 0 Å². The summed E-state index contributed by atoms with van der Waals surface area (Å²) in [4.78, 5) is 9.64. The zero-order valence-electron chi connectivity index (χ0n) is 30.2. The van der Waals surface area contributed by atoms with Crippen LogP contribution in [0.2, 0.25) is 0 Å². The molecule has 56 heavy (non-hydrogen) atoms. The lowest BCUT2D eigenvalue weighted by atomic mass is 9.65. The molecular formula is C53H31N3. The van der Waals surface area contributed by atoms with E-state index in [0.717, 1.165) is 33.3 Å². The van der Waals surface area contributed by atoms with E-state index >= 15 is 0 Å². The minimum atomic E-state index is -0.553. The van der Waals surface area contributed by atoms with Crippen LogP contribution in [0.5, 0.6) is 0 Å². The molecule has 0 amide bonds. The number of nitrogens with zero attached hydrogens (tertiary/aromatic N) is 3. The van der Waals surface area contributed by atoms with Crippen LogP contribution >= 0.6 is 0 Å². The highest BCUT2D eigenvalue weighted by Crippen LogP contribution is 2.61. The van der Waals surface area contributed by atoms with Crippen molar-refractivity contribution in [1.82, 2.24) is 14.5 Å². The summed E-state index contributed by atoms with van der Waals surface area (Å²) in [5, 5.41) is 8.99. The fourth-order valence-corrected chi connectivity index (χ4v) is 10.4. The normalized spacial score (nSPS) is 15.5. The molecule has 8 aromatic carbocycles. The molecule has 13 rings (SSSR count). The van der Waals surface area contributed by atoms with Crippen molar-refractivity contribution < 1.29 is 0 Å². The lowest BCUT2D eigenvalue weighted by Crippen LogP contribution is -2.30. The summed E-state index contributed by atoms with van der Waals surface area (Å²) >= 11 is 0. The van der Waals surface area contributed by atoms with Gasteiger partial charge >= 0.3 is 0 Å². The Morgan fingerprint density at radius 2 is 1.18 bits per heavy atom. The molecular weight excluding hydrogens is 679 g/mol. The van der Waals surface area contributed by atoms with Gasteiger partial charge in [0.25, 0.3) is 0 Å². The fourth-order valence-electron chi connectivity index (χ4n) is 10.4. The molecule has 0 N–H and O–H groups in total. The number of fused-ring (bicyclic) bond motifs is 13. The number of aromatic nitrogens is 3. The van der Waals surface area contributed by atoms with Gasteiger partial charge in [-0.1, -0.05) is 127 Å². The lowest BCUT2D eigenvalue weighted by molar-refractivity contribution is 0.768. The summed E-state index contributed by atoms with van der Waals surface area (Å²) in [5.41, 5.74) is 15.3. The molecule has 2 aliphatic rings. The first-order valence-electron chi connectivity index (χ1n) is 19.3. The lowest BCUT2D eigenvalue weighted by Gasteiger charge is -2.36. The van der Waals surface area contributed by atoms with Crippen LogP contribution in [0.15, 0.2) is 176 Å². The number of pyridine rings is 2. The number of hydrogen-bond donors (Lipinski definition) is 0. The third kappa shape index (κ3) is 3.76. The summed E-state index contributed by atoms with van der Waals surface area (Å²) in [5.74, 6) is 0.884. The SMILES string of the molecule is C1=Cc2ccc(-c3ccc4c(c3)c3ncccc3n4-c3ccccn3)cc2C2(c3ccccc31)c1ccccc1-c1c2cc2ccc3cccc4ccc1c2c34. The maximum atomic E-state index is 4.91. The Morgan fingerprint density at radius 3 is 2.07 bits per heavy atom. The van der Waals surface area contributed by atoms with Crippen molar-refractivity contribution in [3.05, 3.63) is 210 Å². The minimum Gasteiger partial charge on any atom is -0.292 e. The molecule has 11 aromatic rings. The predicted octanol–water partition coefficient (Wildman–Crippen LogP) is 13.0. The Morgan fingerprint density at radius 1 is 0.429 bits per heavy atom. The van der Waals surface area contributed by atoms with E-state index < -0.39 is 5.41 Å². The van der Waals surface area contributed by atoms with Crippen molar-refractivity contribution in [3.63, 3.8) is 0 Å². The number of benzene rings is 8. The molecule has 3 nitrogen and oxygen atoms in total. The van der Waals surface area contributed by atoms with Gasteiger partial charge in [-0.15, -0.1) is 0 Å². The van der Waals surface area contributed by atoms with Crippen LogP contribution in [-0.2, 0) is 5.41 Å². The Kier molecular flexibility index (Phi) is 5.83. The third-order valence-corrected chi connectivity index (χ3v) is 12.6.